The molecule has 6 atom stereocenters. The molecule has 1 aliphatic carbocycles. The second-order valence-electron chi connectivity index (χ2n) is 12.7. The van der Waals surface area contributed by atoms with Gasteiger partial charge in [0.15, 0.2) is 0 Å². The van der Waals surface area contributed by atoms with Crippen molar-refractivity contribution in [2.45, 2.75) is 72.1 Å². The third-order valence-corrected chi connectivity index (χ3v) is 7.51. The average molecular weight is 562 g/mol. The van der Waals surface area contributed by atoms with Crippen molar-refractivity contribution in [2.24, 2.45) is 29.1 Å². The summed E-state index contributed by atoms with van der Waals surface area (Å²) in [5, 5.41) is 37.0. The van der Waals surface area contributed by atoms with Crippen LogP contribution < -0.4 is 10.6 Å². The summed E-state index contributed by atoms with van der Waals surface area (Å²) in [4.78, 5) is 27.9. The van der Waals surface area contributed by atoms with Crippen LogP contribution >= 0.6 is 0 Å². The summed E-state index contributed by atoms with van der Waals surface area (Å²) in [6.07, 6.45) is 0.886. The van der Waals surface area contributed by atoms with E-state index >= 15 is 0 Å². The number of aliphatic hydroxyl groups excluding tert-OH is 3. The SMILES string of the molecule is C=CC1CC(CO)C(OC(=O)N[C@@H](Cc2ccccc2)[C@H](O)CN(CCC(C)C)C(=O)NCC(C)(C)C)C1CO. The summed E-state index contributed by atoms with van der Waals surface area (Å²) in [6, 6.07) is 8.49. The molecule has 1 fully saturated rings. The molecule has 9 heteroatoms. The fourth-order valence-corrected chi connectivity index (χ4v) is 5.08. The topological polar surface area (TPSA) is 131 Å². The Kier molecular flexibility index (Phi) is 13.4. The van der Waals surface area contributed by atoms with Gasteiger partial charge in [-0.2, -0.15) is 0 Å². The number of allylic oxidation sites excluding steroid dienone is 1. The van der Waals surface area contributed by atoms with E-state index in [1.165, 1.54) is 0 Å². The Labute approximate surface area is 240 Å². The number of carbonyl (C=O) groups is 2. The van der Waals surface area contributed by atoms with Crippen molar-refractivity contribution in [3.05, 3.63) is 48.6 Å². The molecule has 0 heterocycles. The molecule has 0 spiro atoms. The van der Waals surface area contributed by atoms with E-state index in [0.717, 1.165) is 12.0 Å². The zero-order valence-corrected chi connectivity index (χ0v) is 24.9. The molecule has 1 aliphatic rings. The lowest BCUT2D eigenvalue weighted by Crippen LogP contribution is -2.53. The van der Waals surface area contributed by atoms with Crippen molar-refractivity contribution in [3.8, 4) is 0 Å². The van der Waals surface area contributed by atoms with E-state index in [0.29, 0.717) is 31.8 Å². The van der Waals surface area contributed by atoms with Crippen LogP contribution in [-0.2, 0) is 11.2 Å². The van der Waals surface area contributed by atoms with Gasteiger partial charge in [-0.3, -0.25) is 0 Å². The predicted molar refractivity (Wildman–Crippen MR) is 157 cm³/mol. The van der Waals surface area contributed by atoms with Crippen LogP contribution in [0.2, 0.25) is 0 Å². The van der Waals surface area contributed by atoms with E-state index in [4.69, 9.17) is 4.74 Å². The Balaban J connectivity index is 2.20. The molecular weight excluding hydrogens is 510 g/mol. The van der Waals surface area contributed by atoms with Gasteiger partial charge in [0, 0.05) is 38.1 Å². The highest BCUT2D eigenvalue weighted by Gasteiger charge is 2.44. The lowest BCUT2D eigenvalue weighted by molar-refractivity contribution is 0.00873. The largest absolute Gasteiger partial charge is 0.445 e. The van der Waals surface area contributed by atoms with Gasteiger partial charge in [0.05, 0.1) is 18.7 Å². The summed E-state index contributed by atoms with van der Waals surface area (Å²) in [6.45, 7) is 14.7. The second kappa shape index (κ2) is 16.0. The summed E-state index contributed by atoms with van der Waals surface area (Å²) in [7, 11) is 0. The molecule has 4 unspecified atom stereocenters. The molecule has 9 nitrogen and oxygen atoms in total. The molecular formula is C31H51N3O6. The Morgan fingerprint density at radius 3 is 2.40 bits per heavy atom. The lowest BCUT2D eigenvalue weighted by atomic mass is 9.96. The normalized spacial score (nSPS) is 22.4. The first kappa shape index (κ1) is 33.6. The average Bonchev–Trinajstić information content (AvgIpc) is 3.25. The van der Waals surface area contributed by atoms with Gasteiger partial charge in [-0.15, -0.1) is 6.58 Å². The molecule has 0 saturated heterocycles. The van der Waals surface area contributed by atoms with Gasteiger partial charge in [-0.25, -0.2) is 9.59 Å². The first-order valence-electron chi connectivity index (χ1n) is 14.4. The number of urea groups is 1. The van der Waals surface area contributed by atoms with Crippen molar-refractivity contribution in [1.82, 2.24) is 15.5 Å². The molecule has 0 radical (unpaired) electrons. The maximum Gasteiger partial charge on any atom is 0.407 e. The number of nitrogens with one attached hydrogen (secondary N) is 2. The van der Waals surface area contributed by atoms with Gasteiger partial charge in [-0.1, -0.05) is 71.0 Å². The summed E-state index contributed by atoms with van der Waals surface area (Å²) in [5.74, 6) is -0.392. The van der Waals surface area contributed by atoms with Crippen molar-refractivity contribution < 1.29 is 29.6 Å². The molecule has 2 rings (SSSR count). The Morgan fingerprint density at radius 2 is 1.85 bits per heavy atom. The third kappa shape index (κ3) is 10.7. The molecule has 0 aromatic heterocycles. The highest BCUT2D eigenvalue weighted by Crippen LogP contribution is 2.39. The number of hydrogen-bond donors (Lipinski definition) is 5. The zero-order valence-electron chi connectivity index (χ0n) is 24.9. The van der Waals surface area contributed by atoms with Crippen molar-refractivity contribution in [1.29, 1.82) is 0 Å². The van der Waals surface area contributed by atoms with Crippen LogP contribution in [-0.4, -0.2) is 83.4 Å². The van der Waals surface area contributed by atoms with Gasteiger partial charge in [0.25, 0.3) is 0 Å². The maximum atomic E-state index is 13.1. The number of rotatable bonds is 14. The van der Waals surface area contributed by atoms with E-state index in [9.17, 15) is 24.9 Å². The number of hydrogen-bond acceptors (Lipinski definition) is 6. The lowest BCUT2D eigenvalue weighted by Gasteiger charge is -2.32. The van der Waals surface area contributed by atoms with Gasteiger partial charge in [0.1, 0.15) is 6.10 Å². The smallest absolute Gasteiger partial charge is 0.407 e. The third-order valence-electron chi connectivity index (χ3n) is 7.51. The van der Waals surface area contributed by atoms with E-state index in [1.54, 1.807) is 11.0 Å². The highest BCUT2D eigenvalue weighted by atomic mass is 16.6. The maximum absolute atomic E-state index is 13.1. The number of nitrogens with zero attached hydrogens (tertiary/aromatic N) is 1. The molecule has 1 aromatic rings. The van der Waals surface area contributed by atoms with Crippen LogP contribution in [0.25, 0.3) is 0 Å². The molecule has 0 bridgehead atoms. The van der Waals surface area contributed by atoms with Crippen LogP contribution in [0.5, 0.6) is 0 Å². The van der Waals surface area contributed by atoms with Gasteiger partial charge < -0.3 is 35.6 Å². The van der Waals surface area contributed by atoms with Gasteiger partial charge in [-0.05, 0) is 42.1 Å². The molecule has 5 N–H and O–H groups in total. The van der Waals surface area contributed by atoms with E-state index in [-0.39, 0.29) is 49.0 Å². The Bertz CT molecular complexity index is 919. The number of amides is 3. The molecule has 226 valence electrons. The number of ether oxygens (including phenoxy) is 1. The summed E-state index contributed by atoms with van der Waals surface area (Å²) in [5.41, 5.74) is 0.815. The quantitative estimate of drug-likeness (QED) is 0.221. The van der Waals surface area contributed by atoms with Crippen LogP contribution in [0.4, 0.5) is 9.59 Å². The molecule has 3 amide bonds. The van der Waals surface area contributed by atoms with Crippen LogP contribution in [0.3, 0.4) is 0 Å². The fourth-order valence-electron chi connectivity index (χ4n) is 5.08. The zero-order chi connectivity index (χ0) is 29.9. The summed E-state index contributed by atoms with van der Waals surface area (Å²) >= 11 is 0. The van der Waals surface area contributed by atoms with E-state index < -0.39 is 24.3 Å². The predicted octanol–water partition coefficient (Wildman–Crippen LogP) is 3.58. The Morgan fingerprint density at radius 1 is 1.18 bits per heavy atom. The Hall–Kier alpha value is -2.62. The van der Waals surface area contributed by atoms with E-state index in [2.05, 4.69) is 31.1 Å². The van der Waals surface area contributed by atoms with Gasteiger partial charge in [0.2, 0.25) is 0 Å². The van der Waals surface area contributed by atoms with Crippen LogP contribution in [0.1, 0.15) is 53.0 Å². The minimum Gasteiger partial charge on any atom is -0.445 e. The van der Waals surface area contributed by atoms with E-state index in [1.807, 2.05) is 51.1 Å². The van der Waals surface area contributed by atoms with Crippen LogP contribution in [0.15, 0.2) is 43.0 Å². The molecule has 1 aromatic carbocycles. The molecule has 0 aliphatic heterocycles. The van der Waals surface area contributed by atoms with Crippen LogP contribution in [0, 0.1) is 29.1 Å². The van der Waals surface area contributed by atoms with Gasteiger partial charge >= 0.3 is 12.1 Å². The highest BCUT2D eigenvalue weighted by molar-refractivity contribution is 5.74. The first-order chi connectivity index (χ1) is 18.9. The minimum absolute atomic E-state index is 0.0287. The van der Waals surface area contributed by atoms with Crippen molar-refractivity contribution in [2.75, 3.05) is 32.8 Å². The van der Waals surface area contributed by atoms with Crippen molar-refractivity contribution in [3.63, 3.8) is 0 Å². The number of aliphatic hydroxyl groups is 3. The number of benzene rings is 1. The summed E-state index contributed by atoms with van der Waals surface area (Å²) < 4.78 is 5.75. The number of alkyl carbamates (subject to hydrolysis) is 1. The monoisotopic (exact) mass is 561 g/mol. The molecule has 1 saturated carbocycles. The fraction of sp³-hybridized carbons (Fsp3) is 0.677. The number of carbonyl (C=O) groups excluding carboxylic acids is 2. The standard InChI is InChI=1S/C31H51N3O6/c1-7-23-16-24(18-35)28(25(23)19-36)40-30(39)33-26(15-22-11-9-8-10-12-22)27(37)17-34(14-13-21(2)3)29(38)32-20-31(4,5)6/h7-12,21,23-28,35-37H,1,13-20H2,2-6H3,(H,32,38)(H,33,39)/t23?,24?,25?,26-,27+,28?/m0/s1. The first-order valence-corrected chi connectivity index (χ1v) is 14.4. The molecule has 40 heavy (non-hydrogen) atoms. The van der Waals surface area contributed by atoms with Crippen molar-refractivity contribution >= 4 is 12.1 Å². The second-order valence-corrected chi connectivity index (χ2v) is 12.7. The minimum atomic E-state index is -1.08.